The highest BCUT2D eigenvalue weighted by molar-refractivity contribution is 8.26. The molecule has 0 atom stereocenters. The number of benzene rings is 2. The first kappa shape index (κ1) is 23.1. The van der Waals surface area contributed by atoms with E-state index in [1.165, 1.54) is 30.3 Å². The summed E-state index contributed by atoms with van der Waals surface area (Å²) in [6, 6.07) is 14.0. The maximum atomic E-state index is 12.8. The van der Waals surface area contributed by atoms with Crippen LogP contribution in [0.1, 0.15) is 26.5 Å². The lowest BCUT2D eigenvalue weighted by Gasteiger charge is -2.15. The number of thioether (sulfide) groups is 1. The van der Waals surface area contributed by atoms with Gasteiger partial charge in [0.05, 0.1) is 15.5 Å². The molecule has 1 aromatic heterocycles. The van der Waals surface area contributed by atoms with Gasteiger partial charge in [0.15, 0.2) is 4.32 Å². The summed E-state index contributed by atoms with van der Waals surface area (Å²) in [6.45, 7) is 0. The second-order valence-electron chi connectivity index (χ2n) is 6.67. The van der Waals surface area contributed by atoms with Gasteiger partial charge in [-0.15, -0.1) is 0 Å². The fraction of sp³-hybridized carbons (Fsp3) is 0. The molecular formula is C22H12Cl2N2O5S2. The number of carboxylic acid groups (broad SMARTS) is 1. The number of carbonyl (C=O) groups excluding carboxylic acids is 2. The molecule has 2 aromatic carbocycles. The number of rotatable bonds is 5. The Kier molecular flexibility index (Phi) is 6.57. The largest absolute Gasteiger partial charge is 0.478 e. The van der Waals surface area contributed by atoms with Gasteiger partial charge in [-0.1, -0.05) is 35.0 Å². The number of hydrogen-bond acceptors (Lipinski definition) is 6. The SMILES string of the molecule is O=C(NN1C(=O)/C(=C\c2ccc(-c3ccc(Cl)c(C(=O)O)c3)o2)SC1=S)c1ccc(Cl)cc1. The summed E-state index contributed by atoms with van der Waals surface area (Å²) in [6.07, 6.45) is 1.49. The first-order valence-electron chi connectivity index (χ1n) is 9.20. The number of nitrogens with zero attached hydrogens (tertiary/aromatic N) is 1. The molecule has 0 spiro atoms. The number of nitrogens with one attached hydrogen (secondary N) is 1. The van der Waals surface area contributed by atoms with Gasteiger partial charge in [0.2, 0.25) is 0 Å². The van der Waals surface area contributed by atoms with Gasteiger partial charge in [-0.3, -0.25) is 15.0 Å². The van der Waals surface area contributed by atoms with Crippen LogP contribution in [0.25, 0.3) is 17.4 Å². The Morgan fingerprint density at radius 1 is 1.09 bits per heavy atom. The van der Waals surface area contributed by atoms with Gasteiger partial charge in [-0.25, -0.2) is 4.79 Å². The van der Waals surface area contributed by atoms with E-state index in [2.05, 4.69) is 5.43 Å². The summed E-state index contributed by atoms with van der Waals surface area (Å²) in [5.74, 6) is -1.43. The molecule has 166 valence electrons. The molecule has 0 aliphatic carbocycles. The number of hydrazine groups is 1. The predicted molar refractivity (Wildman–Crippen MR) is 130 cm³/mol. The Morgan fingerprint density at radius 2 is 1.82 bits per heavy atom. The number of furan rings is 1. The summed E-state index contributed by atoms with van der Waals surface area (Å²) >= 11 is 18.0. The monoisotopic (exact) mass is 518 g/mol. The Morgan fingerprint density at radius 3 is 2.52 bits per heavy atom. The van der Waals surface area contributed by atoms with E-state index in [1.807, 2.05) is 0 Å². The van der Waals surface area contributed by atoms with Crippen LogP contribution in [0.4, 0.5) is 0 Å². The molecule has 0 unspecified atom stereocenters. The number of hydrogen-bond donors (Lipinski definition) is 2. The Bertz CT molecular complexity index is 1330. The van der Waals surface area contributed by atoms with E-state index < -0.39 is 17.8 Å². The molecule has 11 heteroatoms. The smallest absolute Gasteiger partial charge is 0.337 e. The number of carboxylic acids is 1. The quantitative estimate of drug-likeness (QED) is 0.339. The van der Waals surface area contributed by atoms with Crippen LogP contribution in [-0.4, -0.2) is 32.2 Å². The molecule has 1 fully saturated rings. The van der Waals surface area contributed by atoms with Gasteiger partial charge in [0.25, 0.3) is 11.8 Å². The van der Waals surface area contributed by atoms with Crippen molar-refractivity contribution in [2.75, 3.05) is 0 Å². The van der Waals surface area contributed by atoms with Crippen molar-refractivity contribution in [3.63, 3.8) is 0 Å². The molecule has 0 radical (unpaired) electrons. The average molecular weight is 519 g/mol. The van der Waals surface area contributed by atoms with E-state index in [0.717, 1.165) is 16.8 Å². The lowest BCUT2D eigenvalue weighted by atomic mass is 10.1. The zero-order valence-electron chi connectivity index (χ0n) is 16.4. The zero-order valence-corrected chi connectivity index (χ0v) is 19.5. The normalized spacial score (nSPS) is 14.7. The Hall–Kier alpha value is -3.11. The molecule has 2 N–H and O–H groups in total. The minimum atomic E-state index is -1.15. The molecule has 1 aliphatic rings. The molecule has 4 rings (SSSR count). The van der Waals surface area contributed by atoms with Crippen LogP contribution in [-0.2, 0) is 4.79 Å². The van der Waals surface area contributed by atoms with Crippen LogP contribution in [0.2, 0.25) is 10.0 Å². The minimum Gasteiger partial charge on any atom is -0.478 e. The van der Waals surface area contributed by atoms with Gasteiger partial charge in [-0.05, 0) is 66.8 Å². The van der Waals surface area contributed by atoms with Crippen molar-refractivity contribution < 1.29 is 23.9 Å². The number of carbonyl (C=O) groups is 3. The highest BCUT2D eigenvalue weighted by Gasteiger charge is 2.34. The number of aromatic carboxylic acids is 1. The van der Waals surface area contributed by atoms with Crippen LogP contribution in [0.5, 0.6) is 0 Å². The molecule has 0 saturated carbocycles. The fourth-order valence-corrected chi connectivity index (χ4v) is 4.37. The van der Waals surface area contributed by atoms with E-state index >= 15 is 0 Å². The van der Waals surface area contributed by atoms with Crippen molar-refractivity contribution in [1.82, 2.24) is 10.4 Å². The third-order valence-electron chi connectivity index (χ3n) is 4.49. The molecule has 2 heterocycles. The number of amides is 2. The van der Waals surface area contributed by atoms with E-state index in [-0.39, 0.29) is 19.8 Å². The number of halogens is 2. The van der Waals surface area contributed by atoms with Crippen molar-refractivity contribution in [3.05, 3.63) is 86.4 Å². The van der Waals surface area contributed by atoms with E-state index in [9.17, 15) is 19.5 Å². The van der Waals surface area contributed by atoms with Gasteiger partial charge in [0.1, 0.15) is 11.5 Å². The molecule has 2 amide bonds. The Labute approximate surface area is 206 Å². The van der Waals surface area contributed by atoms with Gasteiger partial charge in [0, 0.05) is 22.2 Å². The molecule has 0 bridgehead atoms. The second kappa shape index (κ2) is 9.40. The van der Waals surface area contributed by atoms with Crippen LogP contribution in [0.3, 0.4) is 0 Å². The van der Waals surface area contributed by atoms with Gasteiger partial charge < -0.3 is 9.52 Å². The third kappa shape index (κ3) is 4.96. The van der Waals surface area contributed by atoms with Crippen molar-refractivity contribution in [1.29, 1.82) is 0 Å². The lowest BCUT2D eigenvalue weighted by Crippen LogP contribution is -2.44. The first-order valence-corrected chi connectivity index (χ1v) is 11.2. The summed E-state index contributed by atoms with van der Waals surface area (Å²) in [7, 11) is 0. The number of thiocarbonyl (C=S) groups is 1. The molecule has 3 aromatic rings. The minimum absolute atomic E-state index is 0.0515. The molecular weight excluding hydrogens is 507 g/mol. The van der Waals surface area contributed by atoms with Crippen molar-refractivity contribution in [2.24, 2.45) is 0 Å². The van der Waals surface area contributed by atoms with Gasteiger partial charge in [-0.2, -0.15) is 5.01 Å². The van der Waals surface area contributed by atoms with Crippen molar-refractivity contribution in [3.8, 4) is 11.3 Å². The highest BCUT2D eigenvalue weighted by atomic mass is 35.5. The Balaban J connectivity index is 1.52. The van der Waals surface area contributed by atoms with Crippen LogP contribution in [0, 0.1) is 0 Å². The van der Waals surface area contributed by atoms with Crippen molar-refractivity contribution >= 4 is 75.4 Å². The van der Waals surface area contributed by atoms with Crippen molar-refractivity contribution in [2.45, 2.75) is 0 Å². The van der Waals surface area contributed by atoms with Gasteiger partial charge >= 0.3 is 5.97 Å². The van der Waals surface area contributed by atoms with E-state index in [1.54, 1.807) is 30.3 Å². The average Bonchev–Trinajstić information content (AvgIpc) is 3.34. The third-order valence-corrected chi connectivity index (χ3v) is 6.38. The summed E-state index contributed by atoms with van der Waals surface area (Å²) < 4.78 is 5.90. The molecule has 7 nitrogen and oxygen atoms in total. The predicted octanol–water partition coefficient (Wildman–Crippen LogP) is 5.50. The second-order valence-corrected chi connectivity index (χ2v) is 9.19. The van der Waals surface area contributed by atoms with Crippen LogP contribution in [0.15, 0.2) is 63.9 Å². The maximum Gasteiger partial charge on any atom is 0.337 e. The lowest BCUT2D eigenvalue weighted by molar-refractivity contribution is -0.123. The summed E-state index contributed by atoms with van der Waals surface area (Å²) in [5.41, 5.74) is 3.26. The van der Waals surface area contributed by atoms with Crippen LogP contribution >= 0.6 is 47.2 Å². The highest BCUT2D eigenvalue weighted by Crippen LogP contribution is 2.33. The first-order chi connectivity index (χ1) is 15.7. The molecule has 1 saturated heterocycles. The molecule has 33 heavy (non-hydrogen) atoms. The fourth-order valence-electron chi connectivity index (χ4n) is 2.89. The summed E-state index contributed by atoms with van der Waals surface area (Å²) in [5, 5.41) is 10.8. The standard InChI is InChI=1S/C22H12Cl2N2O5S2/c23-13-4-1-11(2-5-13)19(27)25-26-20(28)18(33-22(26)32)10-14-6-8-17(31-14)12-3-7-16(24)15(9-12)21(29)30/h1-10H,(H,25,27)(H,29,30)/b18-10+. The van der Waals surface area contributed by atoms with Crippen LogP contribution < -0.4 is 5.43 Å². The zero-order chi connectivity index (χ0) is 23.7. The van der Waals surface area contributed by atoms with E-state index in [4.69, 9.17) is 39.8 Å². The van der Waals surface area contributed by atoms with E-state index in [0.29, 0.717) is 27.7 Å². The maximum absolute atomic E-state index is 12.8. The summed E-state index contributed by atoms with van der Waals surface area (Å²) in [4.78, 5) is 36.7. The topological polar surface area (TPSA) is 99.9 Å². The molecule has 1 aliphatic heterocycles.